The lowest BCUT2D eigenvalue weighted by molar-refractivity contribution is -0.105. The molecule has 1 aromatic rings. The molecule has 1 amide bonds. The summed E-state index contributed by atoms with van der Waals surface area (Å²) in [5, 5.41) is 6.63. The van der Waals surface area contributed by atoms with Crippen LogP contribution in [0.5, 0.6) is 5.88 Å². The molecule has 78 valence electrons. The minimum Gasteiger partial charge on any atom is -0.472 e. The van der Waals surface area contributed by atoms with Gasteiger partial charge < -0.3 is 10.1 Å². The van der Waals surface area contributed by atoms with Crippen LogP contribution in [0.15, 0.2) is 6.20 Å². The first-order valence-electron chi connectivity index (χ1n) is 4.57. The quantitative estimate of drug-likeness (QED) is 0.721. The number of aromatic nitrogens is 2. The minimum atomic E-state index is 0.0945. The van der Waals surface area contributed by atoms with Crippen LogP contribution < -0.4 is 10.1 Å². The smallest absolute Gasteiger partial charge is 0.257 e. The van der Waals surface area contributed by atoms with Crippen LogP contribution in [0, 0.1) is 0 Å². The van der Waals surface area contributed by atoms with E-state index in [1.54, 1.807) is 17.9 Å². The number of carbonyl (C=O) groups excluding carboxylic acids is 1. The van der Waals surface area contributed by atoms with E-state index in [-0.39, 0.29) is 6.10 Å². The highest BCUT2D eigenvalue weighted by atomic mass is 16.5. The predicted molar refractivity (Wildman–Crippen MR) is 53.3 cm³/mol. The molecule has 0 spiro atoms. The topological polar surface area (TPSA) is 56.1 Å². The first-order chi connectivity index (χ1) is 6.67. The molecular formula is C9H15N3O2. The summed E-state index contributed by atoms with van der Waals surface area (Å²) in [6.45, 7) is 3.99. The van der Waals surface area contributed by atoms with Crippen LogP contribution in [0.2, 0.25) is 0 Å². The van der Waals surface area contributed by atoms with E-state index in [1.807, 2.05) is 13.8 Å². The molecule has 0 saturated carbocycles. The van der Waals surface area contributed by atoms with E-state index in [0.717, 1.165) is 6.42 Å². The van der Waals surface area contributed by atoms with Crippen molar-refractivity contribution in [2.45, 2.75) is 26.4 Å². The maximum Gasteiger partial charge on any atom is 0.257 e. The highest BCUT2D eigenvalue weighted by Crippen LogP contribution is 2.22. The van der Waals surface area contributed by atoms with Gasteiger partial charge in [0.05, 0.1) is 12.3 Å². The maximum absolute atomic E-state index is 10.3. The molecule has 0 bridgehead atoms. The molecule has 0 radical (unpaired) electrons. The van der Waals surface area contributed by atoms with Gasteiger partial charge >= 0.3 is 0 Å². The third kappa shape index (κ3) is 2.48. The van der Waals surface area contributed by atoms with Crippen LogP contribution in [0.4, 0.5) is 5.69 Å². The molecule has 5 heteroatoms. The normalized spacial score (nSPS) is 12.2. The molecule has 14 heavy (non-hydrogen) atoms. The number of hydrogen-bond donors (Lipinski definition) is 1. The second kappa shape index (κ2) is 4.64. The van der Waals surface area contributed by atoms with Crippen LogP contribution in [0.3, 0.4) is 0 Å². The molecule has 0 aliphatic rings. The van der Waals surface area contributed by atoms with Crippen LogP contribution >= 0.6 is 0 Å². The molecule has 1 rings (SSSR count). The minimum absolute atomic E-state index is 0.0945. The van der Waals surface area contributed by atoms with Crippen molar-refractivity contribution in [3.63, 3.8) is 0 Å². The molecular weight excluding hydrogens is 182 g/mol. The molecule has 0 aromatic carbocycles. The van der Waals surface area contributed by atoms with Gasteiger partial charge in [0.25, 0.3) is 5.88 Å². The number of anilines is 1. The fourth-order valence-corrected chi connectivity index (χ4v) is 0.991. The van der Waals surface area contributed by atoms with Crippen molar-refractivity contribution in [3.05, 3.63) is 6.20 Å². The SMILES string of the molecule is CC[C@@H](C)Oc1nn(C)cc1NC=O. The van der Waals surface area contributed by atoms with E-state index in [9.17, 15) is 4.79 Å². The first-order valence-corrected chi connectivity index (χ1v) is 4.57. The zero-order valence-corrected chi connectivity index (χ0v) is 8.65. The summed E-state index contributed by atoms with van der Waals surface area (Å²) in [4.78, 5) is 10.3. The van der Waals surface area contributed by atoms with Gasteiger partial charge in [0.2, 0.25) is 6.41 Å². The molecule has 5 nitrogen and oxygen atoms in total. The monoisotopic (exact) mass is 197 g/mol. The number of ether oxygens (including phenoxy) is 1. The summed E-state index contributed by atoms with van der Waals surface area (Å²) in [6.07, 6.45) is 3.31. The predicted octanol–water partition coefficient (Wildman–Crippen LogP) is 1.17. The fraction of sp³-hybridized carbons (Fsp3) is 0.556. The standard InChI is InChI=1S/C9H15N3O2/c1-4-7(2)14-9-8(10-6-13)5-12(3)11-9/h5-7H,4H2,1-3H3,(H,10,13)/t7-/m1/s1. The first kappa shape index (κ1) is 10.6. The highest BCUT2D eigenvalue weighted by molar-refractivity contribution is 5.73. The summed E-state index contributed by atoms with van der Waals surface area (Å²) in [5.41, 5.74) is 0.600. The molecule has 0 unspecified atom stereocenters. The van der Waals surface area contributed by atoms with Gasteiger partial charge in [-0.25, -0.2) is 0 Å². The molecule has 0 aliphatic heterocycles. The Morgan fingerprint density at radius 3 is 3.07 bits per heavy atom. The Balaban J connectivity index is 2.78. The number of amides is 1. The lowest BCUT2D eigenvalue weighted by atomic mass is 10.3. The summed E-state index contributed by atoms with van der Waals surface area (Å²) in [5.74, 6) is 0.467. The Kier molecular flexibility index (Phi) is 3.50. The Hall–Kier alpha value is -1.52. The zero-order chi connectivity index (χ0) is 10.6. The second-order valence-electron chi connectivity index (χ2n) is 3.12. The van der Waals surface area contributed by atoms with E-state index < -0.39 is 0 Å². The average molecular weight is 197 g/mol. The van der Waals surface area contributed by atoms with Gasteiger partial charge in [-0.2, -0.15) is 0 Å². The highest BCUT2D eigenvalue weighted by Gasteiger charge is 2.10. The molecule has 0 saturated heterocycles. The largest absolute Gasteiger partial charge is 0.472 e. The Labute approximate surface area is 83.1 Å². The Bertz CT molecular complexity index is 309. The van der Waals surface area contributed by atoms with Crippen LogP contribution in [-0.4, -0.2) is 22.3 Å². The lowest BCUT2D eigenvalue weighted by Gasteiger charge is -2.10. The molecule has 1 atom stereocenters. The van der Waals surface area contributed by atoms with Gasteiger partial charge in [-0.3, -0.25) is 9.48 Å². The molecule has 0 fully saturated rings. The maximum atomic E-state index is 10.3. The van der Waals surface area contributed by atoms with Crippen LogP contribution in [-0.2, 0) is 11.8 Å². The van der Waals surface area contributed by atoms with Crippen molar-refractivity contribution in [2.24, 2.45) is 7.05 Å². The lowest BCUT2D eigenvalue weighted by Crippen LogP contribution is -2.11. The third-order valence-electron chi connectivity index (χ3n) is 1.90. The second-order valence-corrected chi connectivity index (χ2v) is 3.12. The molecule has 1 aromatic heterocycles. The summed E-state index contributed by atoms with van der Waals surface area (Å²) in [6, 6.07) is 0. The van der Waals surface area contributed by atoms with Crippen LogP contribution in [0.1, 0.15) is 20.3 Å². The number of nitrogens with zero attached hydrogens (tertiary/aromatic N) is 2. The van der Waals surface area contributed by atoms with Crippen molar-refractivity contribution in [3.8, 4) is 5.88 Å². The number of nitrogens with one attached hydrogen (secondary N) is 1. The van der Waals surface area contributed by atoms with E-state index in [2.05, 4.69) is 10.4 Å². The van der Waals surface area contributed by atoms with E-state index >= 15 is 0 Å². The van der Waals surface area contributed by atoms with E-state index in [1.165, 1.54) is 0 Å². The van der Waals surface area contributed by atoms with Crippen molar-refractivity contribution in [2.75, 3.05) is 5.32 Å². The zero-order valence-electron chi connectivity index (χ0n) is 8.65. The van der Waals surface area contributed by atoms with Gasteiger partial charge in [-0.1, -0.05) is 6.92 Å². The summed E-state index contributed by atoms with van der Waals surface area (Å²) < 4.78 is 7.12. The van der Waals surface area contributed by atoms with Crippen LogP contribution in [0.25, 0.3) is 0 Å². The molecule has 1 heterocycles. The average Bonchev–Trinajstić information content (AvgIpc) is 2.47. The fourth-order valence-electron chi connectivity index (χ4n) is 0.991. The van der Waals surface area contributed by atoms with Gasteiger partial charge in [0.15, 0.2) is 0 Å². The van der Waals surface area contributed by atoms with Crippen molar-refractivity contribution in [1.82, 2.24) is 9.78 Å². The van der Waals surface area contributed by atoms with Gasteiger partial charge in [0, 0.05) is 7.05 Å². The Morgan fingerprint density at radius 2 is 2.50 bits per heavy atom. The number of rotatable bonds is 5. The number of hydrogen-bond acceptors (Lipinski definition) is 3. The van der Waals surface area contributed by atoms with Gasteiger partial charge in [-0.15, -0.1) is 5.10 Å². The summed E-state index contributed by atoms with van der Waals surface area (Å²) in [7, 11) is 1.78. The third-order valence-corrected chi connectivity index (χ3v) is 1.90. The van der Waals surface area contributed by atoms with Gasteiger partial charge in [0.1, 0.15) is 5.69 Å². The van der Waals surface area contributed by atoms with Gasteiger partial charge in [-0.05, 0) is 13.3 Å². The van der Waals surface area contributed by atoms with E-state index in [0.29, 0.717) is 18.0 Å². The summed E-state index contributed by atoms with van der Waals surface area (Å²) >= 11 is 0. The number of carbonyl (C=O) groups is 1. The van der Waals surface area contributed by atoms with E-state index in [4.69, 9.17) is 4.74 Å². The van der Waals surface area contributed by atoms with Crippen molar-refractivity contribution < 1.29 is 9.53 Å². The molecule has 1 N–H and O–H groups in total. The van der Waals surface area contributed by atoms with Crippen molar-refractivity contribution in [1.29, 1.82) is 0 Å². The molecule has 0 aliphatic carbocycles. The van der Waals surface area contributed by atoms with Crippen molar-refractivity contribution >= 4 is 12.1 Å². The number of aryl methyl sites for hydroxylation is 1. The Morgan fingerprint density at radius 1 is 1.79 bits per heavy atom.